The first-order valence-corrected chi connectivity index (χ1v) is 6.64. The SMILES string of the molecule is COc1ccc([N+](=O)[O-])cc1CN(C)Cc1ccccc1. The maximum absolute atomic E-state index is 10.9. The highest BCUT2D eigenvalue weighted by Crippen LogP contribution is 2.25. The molecule has 5 heteroatoms. The van der Waals surface area contributed by atoms with E-state index in [9.17, 15) is 10.1 Å². The number of non-ortho nitro benzene ring substituents is 1. The van der Waals surface area contributed by atoms with E-state index >= 15 is 0 Å². The molecule has 5 nitrogen and oxygen atoms in total. The first kappa shape index (κ1) is 15.0. The molecule has 0 saturated heterocycles. The van der Waals surface area contributed by atoms with Gasteiger partial charge in [-0.2, -0.15) is 0 Å². The van der Waals surface area contributed by atoms with Crippen LogP contribution in [0.3, 0.4) is 0 Å². The minimum atomic E-state index is -0.389. The molecule has 0 aliphatic heterocycles. The van der Waals surface area contributed by atoms with Crippen molar-refractivity contribution in [1.29, 1.82) is 0 Å². The number of ether oxygens (including phenoxy) is 1. The van der Waals surface area contributed by atoms with Crippen LogP contribution < -0.4 is 4.74 Å². The Hall–Kier alpha value is -2.40. The number of benzene rings is 2. The van der Waals surface area contributed by atoms with Gasteiger partial charge in [-0.3, -0.25) is 15.0 Å². The molecule has 0 saturated carbocycles. The van der Waals surface area contributed by atoms with Gasteiger partial charge in [0.05, 0.1) is 12.0 Å². The van der Waals surface area contributed by atoms with Crippen molar-refractivity contribution in [2.75, 3.05) is 14.2 Å². The first-order valence-electron chi connectivity index (χ1n) is 6.64. The lowest BCUT2D eigenvalue weighted by Crippen LogP contribution is -2.17. The van der Waals surface area contributed by atoms with Crippen LogP contribution in [0.15, 0.2) is 48.5 Å². The maximum Gasteiger partial charge on any atom is 0.270 e. The molecule has 21 heavy (non-hydrogen) atoms. The highest BCUT2D eigenvalue weighted by atomic mass is 16.6. The number of nitro benzene ring substituents is 1. The predicted octanol–water partition coefficient (Wildman–Crippen LogP) is 3.24. The second kappa shape index (κ2) is 6.85. The second-order valence-electron chi connectivity index (χ2n) is 4.91. The lowest BCUT2D eigenvalue weighted by molar-refractivity contribution is -0.384. The van der Waals surface area contributed by atoms with Crippen molar-refractivity contribution in [1.82, 2.24) is 4.90 Å². The molecule has 110 valence electrons. The number of nitro groups is 1. The van der Waals surface area contributed by atoms with Gasteiger partial charge in [-0.15, -0.1) is 0 Å². The summed E-state index contributed by atoms with van der Waals surface area (Å²) in [7, 11) is 3.55. The highest BCUT2D eigenvalue weighted by molar-refractivity contribution is 5.43. The number of rotatable bonds is 6. The van der Waals surface area contributed by atoms with E-state index in [1.807, 2.05) is 25.2 Å². The van der Waals surface area contributed by atoms with Crippen molar-refractivity contribution in [3.8, 4) is 5.75 Å². The van der Waals surface area contributed by atoms with Crippen LogP contribution in [0.25, 0.3) is 0 Å². The third-order valence-electron chi connectivity index (χ3n) is 3.21. The van der Waals surface area contributed by atoms with Crippen molar-refractivity contribution in [3.63, 3.8) is 0 Å². The topological polar surface area (TPSA) is 55.6 Å². The Bertz CT molecular complexity index is 614. The molecule has 0 heterocycles. The number of hydrogen-bond donors (Lipinski definition) is 0. The Labute approximate surface area is 123 Å². The molecule has 0 atom stereocenters. The van der Waals surface area contributed by atoms with Crippen molar-refractivity contribution < 1.29 is 9.66 Å². The largest absolute Gasteiger partial charge is 0.496 e. The molecular weight excluding hydrogens is 268 g/mol. The Morgan fingerprint density at radius 3 is 2.48 bits per heavy atom. The van der Waals surface area contributed by atoms with Crippen LogP contribution in [0.5, 0.6) is 5.75 Å². The van der Waals surface area contributed by atoms with Gasteiger partial charge in [-0.1, -0.05) is 30.3 Å². The highest BCUT2D eigenvalue weighted by Gasteiger charge is 2.13. The van der Waals surface area contributed by atoms with Crippen molar-refractivity contribution in [2.24, 2.45) is 0 Å². The smallest absolute Gasteiger partial charge is 0.270 e. The van der Waals surface area contributed by atoms with Gasteiger partial charge in [0.15, 0.2) is 0 Å². The molecule has 0 amide bonds. The summed E-state index contributed by atoms with van der Waals surface area (Å²) in [5.74, 6) is 0.667. The first-order chi connectivity index (χ1) is 10.1. The lowest BCUT2D eigenvalue weighted by atomic mass is 10.1. The Balaban J connectivity index is 2.13. The van der Waals surface area contributed by atoms with Crippen LogP contribution in [0.2, 0.25) is 0 Å². The fourth-order valence-electron chi connectivity index (χ4n) is 2.24. The van der Waals surface area contributed by atoms with Gasteiger partial charge in [-0.25, -0.2) is 0 Å². The third kappa shape index (κ3) is 4.03. The minimum Gasteiger partial charge on any atom is -0.496 e. The number of nitrogens with zero attached hydrogens (tertiary/aromatic N) is 2. The summed E-state index contributed by atoms with van der Waals surface area (Å²) < 4.78 is 5.28. The summed E-state index contributed by atoms with van der Waals surface area (Å²) >= 11 is 0. The van der Waals surface area contributed by atoms with Crippen LogP contribution in [0.4, 0.5) is 5.69 Å². The summed E-state index contributed by atoms with van der Waals surface area (Å²) in [6.07, 6.45) is 0. The molecule has 0 unspecified atom stereocenters. The fourth-order valence-corrected chi connectivity index (χ4v) is 2.24. The van der Waals surface area contributed by atoms with Gasteiger partial charge in [0, 0.05) is 30.8 Å². The molecule has 0 fully saturated rings. The third-order valence-corrected chi connectivity index (χ3v) is 3.21. The minimum absolute atomic E-state index is 0.0823. The lowest BCUT2D eigenvalue weighted by Gasteiger charge is -2.18. The zero-order chi connectivity index (χ0) is 15.2. The van der Waals surface area contributed by atoms with Crippen LogP contribution in [0.1, 0.15) is 11.1 Å². The summed E-state index contributed by atoms with van der Waals surface area (Å²) in [6, 6.07) is 14.8. The zero-order valence-electron chi connectivity index (χ0n) is 12.2. The summed E-state index contributed by atoms with van der Waals surface area (Å²) in [5.41, 5.74) is 2.09. The summed E-state index contributed by atoms with van der Waals surface area (Å²) in [5, 5.41) is 10.9. The molecule has 0 spiro atoms. The van der Waals surface area contributed by atoms with Crippen molar-refractivity contribution in [3.05, 3.63) is 69.8 Å². The monoisotopic (exact) mass is 286 g/mol. The standard InChI is InChI=1S/C16H18N2O3/c1-17(11-13-6-4-3-5-7-13)12-14-10-15(18(19)20)8-9-16(14)21-2/h3-10H,11-12H2,1-2H3. The average Bonchev–Trinajstić information content (AvgIpc) is 2.48. The number of hydrogen-bond acceptors (Lipinski definition) is 4. The van der Waals surface area contributed by atoms with E-state index in [0.717, 1.165) is 12.1 Å². The van der Waals surface area contributed by atoms with E-state index in [1.54, 1.807) is 19.2 Å². The molecule has 2 rings (SSSR count). The van der Waals surface area contributed by atoms with Crippen LogP contribution in [0, 0.1) is 10.1 Å². The molecule has 2 aromatic rings. The second-order valence-corrected chi connectivity index (χ2v) is 4.91. The van der Waals surface area contributed by atoms with E-state index in [4.69, 9.17) is 4.74 Å². The Kier molecular flexibility index (Phi) is 4.90. The maximum atomic E-state index is 10.9. The average molecular weight is 286 g/mol. The molecule has 0 aromatic heterocycles. The molecule has 0 N–H and O–H groups in total. The molecule has 2 aromatic carbocycles. The molecule has 0 aliphatic rings. The molecule has 0 bridgehead atoms. The molecule has 0 aliphatic carbocycles. The van der Waals surface area contributed by atoms with Crippen molar-refractivity contribution in [2.45, 2.75) is 13.1 Å². The van der Waals surface area contributed by atoms with Gasteiger partial charge in [0.2, 0.25) is 0 Å². The van der Waals surface area contributed by atoms with Gasteiger partial charge in [0.1, 0.15) is 5.75 Å². The molecular formula is C16H18N2O3. The summed E-state index contributed by atoms with van der Waals surface area (Å²) in [4.78, 5) is 12.6. The summed E-state index contributed by atoms with van der Waals surface area (Å²) in [6.45, 7) is 1.35. The van der Waals surface area contributed by atoms with E-state index < -0.39 is 0 Å². The van der Waals surface area contributed by atoms with Gasteiger partial charge < -0.3 is 4.74 Å². The van der Waals surface area contributed by atoms with Crippen molar-refractivity contribution >= 4 is 5.69 Å². The zero-order valence-corrected chi connectivity index (χ0v) is 12.2. The van der Waals surface area contributed by atoms with Crippen LogP contribution >= 0.6 is 0 Å². The Morgan fingerprint density at radius 2 is 1.86 bits per heavy atom. The van der Waals surface area contributed by atoms with Crippen LogP contribution in [-0.4, -0.2) is 24.0 Å². The number of methoxy groups -OCH3 is 1. The molecule has 0 radical (unpaired) electrons. The van der Waals surface area contributed by atoms with Gasteiger partial charge >= 0.3 is 0 Å². The normalized spacial score (nSPS) is 10.6. The van der Waals surface area contributed by atoms with Gasteiger partial charge in [0.25, 0.3) is 5.69 Å². The predicted molar refractivity (Wildman–Crippen MR) is 81.3 cm³/mol. The quantitative estimate of drug-likeness (QED) is 0.604. The van der Waals surface area contributed by atoms with E-state index in [2.05, 4.69) is 17.0 Å². The Morgan fingerprint density at radius 1 is 1.14 bits per heavy atom. The van der Waals surface area contributed by atoms with Crippen LogP contribution in [-0.2, 0) is 13.1 Å². The van der Waals surface area contributed by atoms with E-state index in [1.165, 1.54) is 11.6 Å². The fraction of sp³-hybridized carbons (Fsp3) is 0.250. The van der Waals surface area contributed by atoms with E-state index in [-0.39, 0.29) is 10.6 Å². The van der Waals surface area contributed by atoms with E-state index in [0.29, 0.717) is 12.3 Å². The van der Waals surface area contributed by atoms with Gasteiger partial charge in [-0.05, 0) is 18.7 Å².